The molecule has 0 aliphatic rings. The van der Waals surface area contributed by atoms with E-state index in [1.165, 1.54) is 0 Å². The van der Waals surface area contributed by atoms with Gasteiger partial charge in [0.25, 0.3) is 0 Å². The molecule has 0 spiro atoms. The van der Waals surface area contributed by atoms with E-state index in [9.17, 15) is 4.79 Å². The lowest BCUT2D eigenvalue weighted by Gasteiger charge is -2.32. The van der Waals surface area contributed by atoms with Gasteiger partial charge in [-0.2, -0.15) is 0 Å². The van der Waals surface area contributed by atoms with Gasteiger partial charge in [0.2, 0.25) is 0 Å². The minimum Gasteiger partial charge on any atom is -0.457 e. The quantitative estimate of drug-likeness (QED) is 0.442. The number of hydrogen-bond donors (Lipinski definition) is 0. The highest BCUT2D eigenvalue weighted by Crippen LogP contribution is 2.15. The van der Waals surface area contributed by atoms with E-state index in [2.05, 4.69) is 6.58 Å². The first-order chi connectivity index (χ1) is 8.60. The van der Waals surface area contributed by atoms with Crippen LogP contribution in [-0.2, 0) is 18.4 Å². The first-order valence-corrected chi connectivity index (χ1v) is 7.49. The van der Waals surface area contributed by atoms with Crippen molar-refractivity contribution in [3.8, 4) is 0 Å². The third-order valence-corrected chi connectivity index (χ3v) is 6.32. The largest absolute Gasteiger partial charge is 0.457 e. The molecule has 1 aromatic rings. The molecule has 18 heavy (non-hydrogen) atoms. The van der Waals surface area contributed by atoms with Crippen molar-refractivity contribution in [2.24, 2.45) is 0 Å². The maximum absolute atomic E-state index is 11.3. The molecule has 0 aromatic heterocycles. The molecular weight excluding hydrogens is 248 g/mol. The number of carbonyl (C=O) groups excluding carboxylic acids is 1. The van der Waals surface area contributed by atoms with Gasteiger partial charge in [-0.1, -0.05) is 36.9 Å². The lowest BCUT2D eigenvalue weighted by atomic mass is 10.4. The molecule has 1 atom stereocenters. The standard InChI is InChI=1S/C13H18O4Si/c1-5-13(14)17-11(2)18(15-3,16-4)12-9-7-6-8-10-12/h5-11H,1H2,2-4H3. The second-order valence-corrected chi connectivity index (χ2v) is 7.27. The first-order valence-electron chi connectivity index (χ1n) is 5.59. The molecular formula is C13H18O4Si. The normalized spacial score (nSPS) is 12.8. The third kappa shape index (κ3) is 2.87. The van der Waals surface area contributed by atoms with Gasteiger partial charge < -0.3 is 13.6 Å². The van der Waals surface area contributed by atoms with Crippen LogP contribution in [0.2, 0.25) is 0 Å². The Morgan fingerprint density at radius 2 is 1.83 bits per heavy atom. The Morgan fingerprint density at radius 3 is 2.28 bits per heavy atom. The van der Waals surface area contributed by atoms with E-state index in [1.54, 1.807) is 21.1 Å². The number of hydrogen-bond acceptors (Lipinski definition) is 4. The molecule has 0 N–H and O–H groups in total. The van der Waals surface area contributed by atoms with E-state index in [4.69, 9.17) is 13.6 Å². The minimum absolute atomic E-state index is 0.472. The summed E-state index contributed by atoms with van der Waals surface area (Å²) in [5.41, 5.74) is -0.472. The lowest BCUT2D eigenvalue weighted by molar-refractivity contribution is -0.140. The number of benzene rings is 1. The monoisotopic (exact) mass is 266 g/mol. The lowest BCUT2D eigenvalue weighted by Crippen LogP contribution is -2.62. The predicted octanol–water partition coefficient (Wildman–Crippen LogP) is 1.29. The van der Waals surface area contributed by atoms with Crippen LogP contribution < -0.4 is 5.19 Å². The van der Waals surface area contributed by atoms with Crippen molar-refractivity contribution in [2.75, 3.05) is 14.2 Å². The average molecular weight is 266 g/mol. The van der Waals surface area contributed by atoms with Crippen LogP contribution >= 0.6 is 0 Å². The smallest absolute Gasteiger partial charge is 0.414 e. The van der Waals surface area contributed by atoms with Gasteiger partial charge >= 0.3 is 14.5 Å². The molecule has 0 amide bonds. The van der Waals surface area contributed by atoms with Crippen LogP contribution in [0.15, 0.2) is 43.0 Å². The molecule has 0 saturated heterocycles. The molecule has 1 aromatic carbocycles. The number of esters is 1. The number of ether oxygens (including phenoxy) is 1. The molecule has 0 aliphatic carbocycles. The summed E-state index contributed by atoms with van der Waals surface area (Å²) in [7, 11) is 0.348. The van der Waals surface area contributed by atoms with Gasteiger partial charge in [0.1, 0.15) is 5.73 Å². The summed E-state index contributed by atoms with van der Waals surface area (Å²) in [5, 5.41) is 0.916. The van der Waals surface area contributed by atoms with E-state index >= 15 is 0 Å². The predicted molar refractivity (Wildman–Crippen MR) is 71.6 cm³/mol. The maximum Gasteiger partial charge on any atom is 0.414 e. The second-order valence-electron chi connectivity index (χ2n) is 3.73. The van der Waals surface area contributed by atoms with Gasteiger partial charge in [0.05, 0.1) is 0 Å². The van der Waals surface area contributed by atoms with Crippen LogP contribution in [-0.4, -0.2) is 34.5 Å². The van der Waals surface area contributed by atoms with Crippen LogP contribution in [0.5, 0.6) is 0 Å². The van der Waals surface area contributed by atoms with E-state index in [0.717, 1.165) is 11.3 Å². The highest BCUT2D eigenvalue weighted by molar-refractivity contribution is 6.82. The summed E-state index contributed by atoms with van der Waals surface area (Å²) >= 11 is 0. The van der Waals surface area contributed by atoms with Crippen LogP contribution in [0.1, 0.15) is 6.92 Å². The van der Waals surface area contributed by atoms with Gasteiger partial charge in [0.15, 0.2) is 0 Å². The highest BCUT2D eigenvalue weighted by Gasteiger charge is 2.46. The molecule has 1 rings (SSSR count). The molecule has 0 heterocycles. The highest BCUT2D eigenvalue weighted by atomic mass is 28.4. The Labute approximate surface area is 108 Å². The zero-order chi connectivity index (χ0) is 13.6. The molecule has 5 heteroatoms. The molecule has 0 bridgehead atoms. The summed E-state index contributed by atoms with van der Waals surface area (Å²) < 4.78 is 16.4. The van der Waals surface area contributed by atoms with Gasteiger partial charge in [-0.25, -0.2) is 4.79 Å². The summed E-state index contributed by atoms with van der Waals surface area (Å²) in [6.07, 6.45) is 1.13. The van der Waals surface area contributed by atoms with Gasteiger partial charge in [-0.05, 0) is 12.1 Å². The fraction of sp³-hybridized carbons (Fsp3) is 0.308. The zero-order valence-corrected chi connectivity index (χ0v) is 11.9. The summed E-state index contributed by atoms with van der Waals surface area (Å²) in [5.74, 6) is -0.482. The number of rotatable bonds is 6. The van der Waals surface area contributed by atoms with Crippen LogP contribution in [0, 0.1) is 0 Å². The molecule has 0 aliphatic heterocycles. The Hall–Kier alpha value is -1.43. The molecule has 1 unspecified atom stereocenters. The summed E-state index contributed by atoms with van der Waals surface area (Å²) in [6, 6.07) is 9.54. The van der Waals surface area contributed by atoms with Crippen molar-refractivity contribution < 1.29 is 18.4 Å². The van der Waals surface area contributed by atoms with Crippen LogP contribution in [0.3, 0.4) is 0 Å². The molecule has 0 fully saturated rings. The van der Waals surface area contributed by atoms with E-state index in [-0.39, 0.29) is 0 Å². The maximum atomic E-state index is 11.3. The van der Waals surface area contributed by atoms with Gasteiger partial charge in [-0.3, -0.25) is 0 Å². The first kappa shape index (κ1) is 14.6. The van der Waals surface area contributed by atoms with Crippen LogP contribution in [0.25, 0.3) is 0 Å². The van der Waals surface area contributed by atoms with Crippen molar-refractivity contribution in [1.82, 2.24) is 0 Å². The fourth-order valence-electron chi connectivity index (χ4n) is 1.86. The molecule has 0 radical (unpaired) electrons. The Kier molecular flexibility index (Phi) is 5.27. The van der Waals surface area contributed by atoms with Crippen molar-refractivity contribution in [1.29, 1.82) is 0 Å². The SMILES string of the molecule is C=CC(=O)OC(C)[Si](OC)(OC)c1ccccc1. The summed E-state index contributed by atoms with van der Waals surface area (Å²) in [6.45, 7) is 5.15. The van der Waals surface area contributed by atoms with Gasteiger partial charge in [-0.15, -0.1) is 0 Å². The van der Waals surface area contributed by atoms with E-state index in [0.29, 0.717) is 0 Å². The van der Waals surface area contributed by atoms with Crippen molar-refractivity contribution in [3.05, 3.63) is 43.0 Å². The minimum atomic E-state index is -2.79. The Bertz CT molecular complexity index is 401. The summed E-state index contributed by atoms with van der Waals surface area (Å²) in [4.78, 5) is 11.3. The van der Waals surface area contributed by atoms with Crippen molar-refractivity contribution >= 4 is 19.7 Å². The topological polar surface area (TPSA) is 44.8 Å². The van der Waals surface area contributed by atoms with Gasteiger partial charge in [0, 0.05) is 20.3 Å². The van der Waals surface area contributed by atoms with Crippen LogP contribution in [0.4, 0.5) is 0 Å². The fourth-order valence-corrected chi connectivity index (χ4v) is 4.56. The van der Waals surface area contributed by atoms with E-state index in [1.807, 2.05) is 30.3 Å². The van der Waals surface area contributed by atoms with Crippen molar-refractivity contribution in [3.63, 3.8) is 0 Å². The van der Waals surface area contributed by atoms with E-state index < -0.39 is 20.3 Å². The molecule has 98 valence electrons. The van der Waals surface area contributed by atoms with Crippen molar-refractivity contribution in [2.45, 2.75) is 12.7 Å². The third-order valence-electron chi connectivity index (χ3n) is 2.78. The second kappa shape index (κ2) is 6.49. The Morgan fingerprint density at radius 1 is 1.28 bits per heavy atom. The molecule has 0 saturated carbocycles. The number of carbonyl (C=O) groups is 1. The Balaban J connectivity index is 3.07. The average Bonchev–Trinajstić information content (AvgIpc) is 2.42. The molecule has 4 nitrogen and oxygen atoms in total. The zero-order valence-electron chi connectivity index (χ0n) is 10.9.